The second kappa shape index (κ2) is 8.21. The van der Waals surface area contributed by atoms with Gasteiger partial charge in [0.2, 0.25) is 0 Å². The van der Waals surface area contributed by atoms with Crippen molar-refractivity contribution >= 4 is 17.3 Å². The molecule has 0 fully saturated rings. The molecular weight excluding hydrogens is 396 g/mol. The third kappa shape index (κ3) is 5.63. The van der Waals surface area contributed by atoms with Gasteiger partial charge in [0.25, 0.3) is 0 Å². The summed E-state index contributed by atoms with van der Waals surface area (Å²) in [5, 5.41) is 4.21. The number of hydrogen-bond acceptors (Lipinski definition) is 2. The number of halogens is 7. The van der Waals surface area contributed by atoms with Crippen molar-refractivity contribution < 1.29 is 31.2 Å². The van der Waals surface area contributed by atoms with Crippen molar-refractivity contribution in [1.29, 1.82) is 0 Å². The first-order valence-electron chi connectivity index (χ1n) is 7.74. The van der Waals surface area contributed by atoms with Gasteiger partial charge in [0, 0.05) is 10.6 Å². The molecule has 2 nitrogen and oxygen atoms in total. The van der Waals surface area contributed by atoms with E-state index in [1.165, 1.54) is 6.92 Å². The minimum Gasteiger partial charge on any atom is -0.391 e. The molecule has 2 rings (SSSR count). The van der Waals surface area contributed by atoms with Crippen LogP contribution in [-0.4, -0.2) is 5.71 Å². The molecule has 0 saturated carbocycles. The van der Waals surface area contributed by atoms with Crippen LogP contribution >= 0.6 is 11.6 Å². The van der Waals surface area contributed by atoms with Crippen LogP contribution in [0.15, 0.2) is 47.6 Å². The van der Waals surface area contributed by atoms with Gasteiger partial charge in [-0.2, -0.15) is 26.3 Å². The second-order valence-electron chi connectivity index (χ2n) is 5.55. The first-order valence-corrected chi connectivity index (χ1v) is 8.12. The topological polar surface area (TPSA) is 21.6 Å². The van der Waals surface area contributed by atoms with Gasteiger partial charge >= 0.3 is 12.4 Å². The Morgan fingerprint density at radius 1 is 0.963 bits per heavy atom. The zero-order valence-electron chi connectivity index (χ0n) is 14.0. The van der Waals surface area contributed by atoms with Gasteiger partial charge in [-0.25, -0.2) is 0 Å². The Morgan fingerprint density at radius 2 is 1.59 bits per heavy atom. The summed E-state index contributed by atoms with van der Waals surface area (Å²) in [6, 6.07) is 7.98. The molecule has 27 heavy (non-hydrogen) atoms. The third-order valence-corrected chi connectivity index (χ3v) is 3.87. The monoisotopic (exact) mass is 409 g/mol. The summed E-state index contributed by atoms with van der Waals surface area (Å²) >= 11 is 5.75. The van der Waals surface area contributed by atoms with E-state index in [9.17, 15) is 26.3 Å². The number of benzene rings is 2. The summed E-state index contributed by atoms with van der Waals surface area (Å²) in [5.41, 5.74) is -2.66. The molecule has 0 heterocycles. The van der Waals surface area contributed by atoms with Gasteiger partial charge in [-0.05, 0) is 36.2 Å². The van der Waals surface area contributed by atoms with Crippen LogP contribution in [0.2, 0.25) is 5.02 Å². The highest BCUT2D eigenvalue weighted by Gasteiger charge is 2.38. The van der Waals surface area contributed by atoms with Crippen molar-refractivity contribution in [2.45, 2.75) is 32.3 Å². The van der Waals surface area contributed by atoms with Crippen LogP contribution in [0.25, 0.3) is 0 Å². The number of oxime groups is 1. The Labute approximate surface area is 156 Å². The van der Waals surface area contributed by atoms with Crippen molar-refractivity contribution in [3.05, 3.63) is 69.7 Å². The third-order valence-electron chi connectivity index (χ3n) is 3.62. The van der Waals surface area contributed by atoms with E-state index in [4.69, 9.17) is 16.4 Å². The van der Waals surface area contributed by atoms with Crippen LogP contribution in [0.4, 0.5) is 26.3 Å². The Hall–Kier alpha value is -2.22. The van der Waals surface area contributed by atoms with E-state index >= 15 is 0 Å². The lowest BCUT2D eigenvalue weighted by atomic mass is 9.98. The molecule has 146 valence electrons. The maximum atomic E-state index is 13.3. The molecular formula is C18H14ClF6NO. The van der Waals surface area contributed by atoms with E-state index in [1.807, 2.05) is 0 Å². The van der Waals surface area contributed by atoms with Crippen molar-refractivity contribution in [2.24, 2.45) is 5.16 Å². The van der Waals surface area contributed by atoms with Gasteiger partial charge in [-0.1, -0.05) is 41.9 Å². The fourth-order valence-electron chi connectivity index (χ4n) is 2.28. The zero-order valence-corrected chi connectivity index (χ0v) is 14.7. The second-order valence-corrected chi connectivity index (χ2v) is 5.98. The van der Waals surface area contributed by atoms with E-state index in [1.54, 1.807) is 24.3 Å². The summed E-state index contributed by atoms with van der Waals surface area (Å²) in [5.74, 6) is 0. The molecule has 0 amide bonds. The minimum atomic E-state index is -4.97. The lowest BCUT2D eigenvalue weighted by Gasteiger charge is -2.16. The Balaban J connectivity index is 2.33. The molecule has 0 spiro atoms. The lowest BCUT2D eigenvalue weighted by Crippen LogP contribution is -2.16. The predicted octanol–water partition coefficient (Wildman–Crippen LogP) is 6.71. The lowest BCUT2D eigenvalue weighted by molar-refractivity contribution is -0.143. The molecule has 0 aliphatic rings. The summed E-state index contributed by atoms with van der Waals surface area (Å²) < 4.78 is 78.1. The van der Waals surface area contributed by atoms with Crippen LogP contribution in [0.5, 0.6) is 0 Å². The smallest absolute Gasteiger partial charge is 0.391 e. The van der Waals surface area contributed by atoms with E-state index in [0.717, 1.165) is 6.07 Å². The summed E-state index contributed by atoms with van der Waals surface area (Å²) in [6.07, 6.45) is -9.81. The van der Waals surface area contributed by atoms with E-state index in [0.29, 0.717) is 16.7 Å². The SMILES string of the molecule is CC/C(=N\OCc1ccc(Cl)cc1)c1ccc(C(F)(F)F)cc1C(F)(F)F. The first-order chi connectivity index (χ1) is 12.5. The fourth-order valence-corrected chi connectivity index (χ4v) is 2.40. The standard InChI is InChI=1S/C18H14ClF6NO/c1-2-16(26-27-10-11-3-6-13(19)7-4-11)14-8-5-12(17(20,21)22)9-15(14)18(23,24)25/h3-9H,2,10H2,1H3/b26-16+. The highest BCUT2D eigenvalue weighted by Crippen LogP contribution is 2.37. The molecule has 0 radical (unpaired) electrons. The van der Waals surface area contributed by atoms with Crippen LogP contribution in [-0.2, 0) is 23.8 Å². The molecule has 0 unspecified atom stereocenters. The molecule has 0 atom stereocenters. The van der Waals surface area contributed by atoms with Crippen molar-refractivity contribution in [2.75, 3.05) is 0 Å². The summed E-state index contributed by atoms with van der Waals surface area (Å²) in [6.45, 7) is 1.50. The normalized spacial score (nSPS) is 13.0. The van der Waals surface area contributed by atoms with Gasteiger partial charge in [0.15, 0.2) is 0 Å². The predicted molar refractivity (Wildman–Crippen MR) is 89.5 cm³/mol. The molecule has 0 aliphatic carbocycles. The van der Waals surface area contributed by atoms with Crippen LogP contribution in [0.3, 0.4) is 0 Å². The molecule has 0 aromatic heterocycles. The van der Waals surface area contributed by atoms with E-state index < -0.39 is 29.0 Å². The molecule has 0 saturated heterocycles. The summed E-state index contributed by atoms with van der Waals surface area (Å²) in [4.78, 5) is 5.09. The molecule has 0 N–H and O–H groups in total. The Morgan fingerprint density at radius 3 is 2.11 bits per heavy atom. The minimum absolute atomic E-state index is 0.0251. The molecule has 0 aliphatic heterocycles. The highest BCUT2D eigenvalue weighted by molar-refractivity contribution is 6.30. The molecule has 2 aromatic carbocycles. The average molecular weight is 410 g/mol. The maximum absolute atomic E-state index is 13.3. The highest BCUT2D eigenvalue weighted by atomic mass is 35.5. The van der Waals surface area contributed by atoms with Gasteiger partial charge in [0.05, 0.1) is 16.8 Å². The Bertz CT molecular complexity index is 812. The number of alkyl halides is 6. The fraction of sp³-hybridized carbons (Fsp3) is 0.278. The van der Waals surface area contributed by atoms with Gasteiger partial charge in [0.1, 0.15) is 6.61 Å². The van der Waals surface area contributed by atoms with Crippen LogP contribution < -0.4 is 0 Å². The van der Waals surface area contributed by atoms with Crippen LogP contribution in [0, 0.1) is 0 Å². The number of rotatable bonds is 5. The molecule has 9 heteroatoms. The summed E-state index contributed by atoms with van der Waals surface area (Å²) in [7, 11) is 0. The number of hydrogen-bond donors (Lipinski definition) is 0. The van der Waals surface area contributed by atoms with Crippen molar-refractivity contribution in [3.63, 3.8) is 0 Å². The maximum Gasteiger partial charge on any atom is 0.417 e. The quantitative estimate of drug-likeness (QED) is 0.305. The molecule has 0 bridgehead atoms. The van der Waals surface area contributed by atoms with E-state index in [-0.39, 0.29) is 24.8 Å². The van der Waals surface area contributed by atoms with Crippen molar-refractivity contribution in [1.82, 2.24) is 0 Å². The van der Waals surface area contributed by atoms with Crippen LogP contribution in [0.1, 0.15) is 35.6 Å². The van der Waals surface area contributed by atoms with Gasteiger partial charge in [-0.15, -0.1) is 0 Å². The zero-order chi connectivity index (χ0) is 20.2. The number of nitrogens with zero attached hydrogens (tertiary/aromatic N) is 1. The molecule has 2 aromatic rings. The van der Waals surface area contributed by atoms with Gasteiger partial charge < -0.3 is 4.84 Å². The Kier molecular flexibility index (Phi) is 6.41. The average Bonchev–Trinajstić information content (AvgIpc) is 2.58. The van der Waals surface area contributed by atoms with Gasteiger partial charge in [-0.3, -0.25) is 0 Å². The first kappa shape index (κ1) is 21.1. The van der Waals surface area contributed by atoms with E-state index in [2.05, 4.69) is 5.16 Å². The largest absolute Gasteiger partial charge is 0.417 e. The van der Waals surface area contributed by atoms with Crippen molar-refractivity contribution in [3.8, 4) is 0 Å².